The number of benzene rings is 1. The summed E-state index contributed by atoms with van der Waals surface area (Å²) in [6, 6.07) is 11.8. The SMILES string of the molecule is CC(C)c1cc(N2CCN(Cc3cccnc3)CC2CC(=O)NCc2ccc3c(c2)OCCO3)nc(-n2ccnc2)n1. The number of aromatic nitrogens is 5. The summed E-state index contributed by atoms with van der Waals surface area (Å²) in [6.07, 6.45) is 9.29. The van der Waals surface area contributed by atoms with Gasteiger partial charge in [-0.25, -0.2) is 9.97 Å². The topological polar surface area (TPSA) is 111 Å². The van der Waals surface area contributed by atoms with E-state index >= 15 is 0 Å². The molecule has 0 aliphatic carbocycles. The Labute approximate surface area is 245 Å². The first-order chi connectivity index (χ1) is 20.5. The summed E-state index contributed by atoms with van der Waals surface area (Å²) in [5.74, 6) is 3.06. The van der Waals surface area contributed by atoms with E-state index in [4.69, 9.17) is 19.4 Å². The summed E-state index contributed by atoms with van der Waals surface area (Å²) < 4.78 is 13.2. The van der Waals surface area contributed by atoms with Gasteiger partial charge in [0.1, 0.15) is 25.4 Å². The molecule has 1 amide bonds. The second-order valence-corrected chi connectivity index (χ2v) is 11.0. The summed E-state index contributed by atoms with van der Waals surface area (Å²) in [4.78, 5) is 36.2. The first-order valence-corrected chi connectivity index (χ1v) is 14.4. The fraction of sp³-hybridized carbons (Fsp3) is 0.387. The molecule has 1 saturated heterocycles. The first kappa shape index (κ1) is 27.6. The lowest BCUT2D eigenvalue weighted by Gasteiger charge is -2.42. The number of rotatable bonds is 9. The van der Waals surface area contributed by atoms with Crippen LogP contribution in [-0.2, 0) is 17.9 Å². The Morgan fingerprint density at radius 3 is 2.69 bits per heavy atom. The minimum absolute atomic E-state index is 0.0175. The molecule has 11 nitrogen and oxygen atoms in total. The Kier molecular flexibility index (Phi) is 8.27. The van der Waals surface area contributed by atoms with Gasteiger partial charge in [0.25, 0.3) is 0 Å². The van der Waals surface area contributed by atoms with E-state index in [1.54, 1.807) is 18.7 Å². The zero-order chi connectivity index (χ0) is 28.9. The molecule has 3 aromatic heterocycles. The number of piperazine rings is 1. The molecular formula is C31H36N8O3. The number of hydrogen-bond acceptors (Lipinski definition) is 9. The average molecular weight is 569 g/mol. The van der Waals surface area contributed by atoms with Gasteiger partial charge in [-0.2, -0.15) is 4.98 Å². The van der Waals surface area contributed by atoms with Gasteiger partial charge in [0, 0.05) is 70.0 Å². The van der Waals surface area contributed by atoms with Crippen LogP contribution in [0.15, 0.2) is 67.5 Å². The summed E-state index contributed by atoms with van der Waals surface area (Å²) in [5, 5.41) is 3.12. The molecule has 1 aromatic carbocycles. The summed E-state index contributed by atoms with van der Waals surface area (Å²) in [6.45, 7) is 8.80. The van der Waals surface area contributed by atoms with Gasteiger partial charge in [-0.1, -0.05) is 26.0 Å². The van der Waals surface area contributed by atoms with Crippen LogP contribution in [0.25, 0.3) is 5.95 Å². The maximum Gasteiger partial charge on any atom is 0.237 e. The molecular weight excluding hydrogens is 532 g/mol. The number of carbonyl (C=O) groups excluding carboxylic acids is 1. The molecule has 1 atom stereocenters. The highest BCUT2D eigenvalue weighted by molar-refractivity contribution is 5.77. The van der Waals surface area contributed by atoms with Crippen LogP contribution in [0.5, 0.6) is 11.5 Å². The highest BCUT2D eigenvalue weighted by Crippen LogP contribution is 2.31. The fourth-order valence-corrected chi connectivity index (χ4v) is 5.35. The van der Waals surface area contributed by atoms with Crippen molar-refractivity contribution in [2.75, 3.05) is 37.7 Å². The Hall–Kier alpha value is -4.51. The highest BCUT2D eigenvalue weighted by atomic mass is 16.6. The lowest BCUT2D eigenvalue weighted by atomic mass is 10.1. The number of nitrogens with one attached hydrogen (secondary N) is 1. The molecule has 218 valence electrons. The molecule has 11 heteroatoms. The Morgan fingerprint density at radius 2 is 1.90 bits per heavy atom. The Balaban J connectivity index is 1.21. The van der Waals surface area contributed by atoms with Gasteiger partial charge in [-0.3, -0.25) is 19.2 Å². The number of pyridine rings is 1. The van der Waals surface area contributed by atoms with Gasteiger partial charge in [0.05, 0.1) is 11.7 Å². The number of hydrogen-bond donors (Lipinski definition) is 1. The summed E-state index contributed by atoms with van der Waals surface area (Å²) in [7, 11) is 0. The van der Waals surface area contributed by atoms with Gasteiger partial charge in [0.2, 0.25) is 11.9 Å². The van der Waals surface area contributed by atoms with E-state index in [-0.39, 0.29) is 17.9 Å². The molecule has 42 heavy (non-hydrogen) atoms. The monoisotopic (exact) mass is 568 g/mol. The molecule has 0 spiro atoms. The molecule has 2 aliphatic rings. The molecule has 1 fully saturated rings. The number of nitrogens with zero attached hydrogens (tertiary/aromatic N) is 7. The maximum atomic E-state index is 13.4. The smallest absolute Gasteiger partial charge is 0.237 e. The van der Waals surface area contributed by atoms with Crippen LogP contribution in [0.1, 0.15) is 43.0 Å². The molecule has 1 N–H and O–H groups in total. The zero-order valence-corrected chi connectivity index (χ0v) is 24.0. The van der Waals surface area contributed by atoms with Crippen molar-refractivity contribution in [3.63, 3.8) is 0 Å². The molecule has 2 aliphatic heterocycles. The average Bonchev–Trinajstić information content (AvgIpc) is 3.56. The lowest BCUT2D eigenvalue weighted by Crippen LogP contribution is -2.54. The van der Waals surface area contributed by atoms with Crippen LogP contribution in [0.2, 0.25) is 0 Å². The maximum absolute atomic E-state index is 13.4. The molecule has 0 radical (unpaired) electrons. The van der Waals surface area contributed by atoms with Crippen molar-refractivity contribution in [3.05, 3.63) is 84.3 Å². The van der Waals surface area contributed by atoms with Gasteiger partial charge >= 0.3 is 0 Å². The number of imidazole rings is 1. The largest absolute Gasteiger partial charge is 0.486 e. The fourth-order valence-electron chi connectivity index (χ4n) is 5.35. The minimum Gasteiger partial charge on any atom is -0.486 e. The van der Waals surface area contributed by atoms with Crippen LogP contribution in [0.4, 0.5) is 5.82 Å². The van der Waals surface area contributed by atoms with Gasteiger partial charge in [-0.15, -0.1) is 0 Å². The lowest BCUT2D eigenvalue weighted by molar-refractivity contribution is -0.121. The van der Waals surface area contributed by atoms with Crippen LogP contribution >= 0.6 is 0 Å². The third kappa shape index (κ3) is 6.52. The van der Waals surface area contributed by atoms with E-state index in [0.29, 0.717) is 38.7 Å². The third-order valence-electron chi connectivity index (χ3n) is 7.55. The van der Waals surface area contributed by atoms with Crippen molar-refractivity contribution >= 4 is 11.7 Å². The Bertz CT molecular complexity index is 1500. The van der Waals surface area contributed by atoms with E-state index in [1.807, 2.05) is 41.2 Å². The quantitative estimate of drug-likeness (QED) is 0.325. The van der Waals surface area contributed by atoms with E-state index in [0.717, 1.165) is 53.8 Å². The van der Waals surface area contributed by atoms with Crippen molar-refractivity contribution in [1.29, 1.82) is 0 Å². The van der Waals surface area contributed by atoms with Crippen molar-refractivity contribution in [2.45, 2.75) is 45.3 Å². The van der Waals surface area contributed by atoms with Crippen LogP contribution in [0.3, 0.4) is 0 Å². The predicted octanol–water partition coefficient (Wildman–Crippen LogP) is 3.35. The first-order valence-electron chi connectivity index (χ1n) is 14.4. The Morgan fingerprint density at radius 1 is 1.02 bits per heavy atom. The number of amides is 1. The van der Waals surface area contributed by atoms with Crippen LogP contribution < -0.4 is 19.7 Å². The number of ether oxygens (including phenoxy) is 2. The van der Waals surface area contributed by atoms with Crippen molar-refractivity contribution in [1.82, 2.24) is 34.7 Å². The van der Waals surface area contributed by atoms with Crippen molar-refractivity contribution in [3.8, 4) is 17.4 Å². The summed E-state index contributed by atoms with van der Waals surface area (Å²) >= 11 is 0. The molecule has 4 aromatic rings. The van der Waals surface area contributed by atoms with Crippen molar-refractivity contribution in [2.24, 2.45) is 0 Å². The molecule has 6 rings (SSSR count). The van der Waals surface area contributed by atoms with Gasteiger partial charge in [-0.05, 0) is 35.2 Å². The molecule has 0 bridgehead atoms. The van der Waals surface area contributed by atoms with E-state index in [1.165, 1.54) is 0 Å². The second kappa shape index (κ2) is 12.6. The van der Waals surface area contributed by atoms with Crippen molar-refractivity contribution < 1.29 is 14.3 Å². The van der Waals surface area contributed by atoms with Gasteiger partial charge in [0.15, 0.2) is 11.5 Å². The molecule has 0 saturated carbocycles. The van der Waals surface area contributed by atoms with Crippen LogP contribution in [0, 0.1) is 0 Å². The molecule has 1 unspecified atom stereocenters. The number of fused-ring (bicyclic) bond motifs is 1. The number of carbonyl (C=O) groups is 1. The zero-order valence-electron chi connectivity index (χ0n) is 24.0. The molecule has 5 heterocycles. The third-order valence-corrected chi connectivity index (χ3v) is 7.55. The predicted molar refractivity (Wildman–Crippen MR) is 158 cm³/mol. The number of anilines is 1. The highest BCUT2D eigenvalue weighted by Gasteiger charge is 2.31. The van der Waals surface area contributed by atoms with E-state index in [2.05, 4.69) is 51.1 Å². The van der Waals surface area contributed by atoms with Crippen LogP contribution in [-0.4, -0.2) is 74.2 Å². The standard InChI is InChI=1S/C31H36N8O3/c1-22(2)26-16-29(36-31(35-26)38-9-8-33-21-38)39-11-10-37(19-24-4-3-7-32-17-24)20-25(39)15-30(40)34-18-23-5-6-27-28(14-23)42-13-12-41-27/h3-9,14,16-17,21-22,25H,10-13,15,18-20H2,1-2H3,(H,34,40). The van der Waals surface area contributed by atoms with E-state index in [9.17, 15) is 4.79 Å². The second-order valence-electron chi connectivity index (χ2n) is 11.0. The normalized spacial score (nSPS) is 16.9. The van der Waals surface area contributed by atoms with E-state index < -0.39 is 0 Å². The van der Waals surface area contributed by atoms with Gasteiger partial charge < -0.3 is 19.7 Å². The summed E-state index contributed by atoms with van der Waals surface area (Å²) in [5.41, 5.74) is 3.07. The minimum atomic E-state index is -0.0822.